The molecule has 1 aliphatic rings. The van der Waals surface area contributed by atoms with Crippen LogP contribution in [0.5, 0.6) is 0 Å². The van der Waals surface area contributed by atoms with Gasteiger partial charge in [0.15, 0.2) is 5.78 Å². The Balaban J connectivity index is 2.28. The van der Waals surface area contributed by atoms with Gasteiger partial charge in [0.05, 0.1) is 10.7 Å². The van der Waals surface area contributed by atoms with E-state index in [0.717, 1.165) is 26.3 Å². The van der Waals surface area contributed by atoms with E-state index in [1.54, 1.807) is 0 Å². The lowest BCUT2D eigenvalue weighted by atomic mass is 9.80. The van der Waals surface area contributed by atoms with E-state index in [-0.39, 0.29) is 11.7 Å². The number of halogens is 1. The Morgan fingerprint density at radius 2 is 1.88 bits per heavy atom. The van der Waals surface area contributed by atoms with Crippen molar-refractivity contribution in [1.82, 2.24) is 0 Å². The first-order valence-corrected chi connectivity index (χ1v) is 8.88. The highest BCUT2D eigenvalue weighted by Crippen LogP contribution is 2.49. The number of thiophene rings is 1. The molecule has 0 fully saturated rings. The molecule has 1 aromatic heterocycles. The van der Waals surface area contributed by atoms with Gasteiger partial charge in [0.25, 0.3) is 5.91 Å². The fourth-order valence-corrected chi connectivity index (χ4v) is 4.40. The van der Waals surface area contributed by atoms with Crippen LogP contribution < -0.4 is 16.8 Å². The summed E-state index contributed by atoms with van der Waals surface area (Å²) in [4.78, 5) is 24.3. The SMILES string of the molecule is CC(=O)C1=C(C)Nc2sc(C(N)=O)c(N)c2C1c1ccc(Br)cc1. The van der Waals surface area contributed by atoms with E-state index in [9.17, 15) is 9.59 Å². The summed E-state index contributed by atoms with van der Waals surface area (Å²) in [6.45, 7) is 3.39. The number of primary amides is 1. The lowest BCUT2D eigenvalue weighted by molar-refractivity contribution is -0.113. The zero-order valence-corrected chi connectivity index (χ0v) is 15.5. The molecule has 5 nitrogen and oxygen atoms in total. The number of carbonyl (C=O) groups excluding carboxylic acids is 2. The molecule has 5 N–H and O–H groups in total. The number of Topliss-reactive ketones (excluding diaryl/α,β-unsaturated/α-hetero) is 1. The maximum Gasteiger partial charge on any atom is 0.260 e. The van der Waals surface area contributed by atoms with Crippen LogP contribution >= 0.6 is 27.3 Å². The monoisotopic (exact) mass is 405 g/mol. The highest BCUT2D eigenvalue weighted by atomic mass is 79.9. The molecular formula is C17H16BrN3O2S. The molecule has 0 aliphatic carbocycles. The summed E-state index contributed by atoms with van der Waals surface area (Å²) in [5, 5.41) is 3.96. The molecule has 0 spiro atoms. The van der Waals surface area contributed by atoms with E-state index in [4.69, 9.17) is 11.5 Å². The molecule has 1 amide bonds. The summed E-state index contributed by atoms with van der Waals surface area (Å²) in [7, 11) is 0. The molecule has 0 saturated carbocycles. The number of rotatable bonds is 3. The molecule has 2 aromatic rings. The Labute approximate surface area is 151 Å². The van der Waals surface area contributed by atoms with Crippen LogP contribution in [-0.4, -0.2) is 11.7 Å². The fraction of sp³-hybridized carbons (Fsp3) is 0.176. The third kappa shape index (κ3) is 2.63. The summed E-state index contributed by atoms with van der Waals surface area (Å²) in [5.74, 6) is -0.925. The number of nitrogen functional groups attached to an aromatic ring is 1. The lowest BCUT2D eigenvalue weighted by Gasteiger charge is -2.28. The van der Waals surface area contributed by atoms with Crippen molar-refractivity contribution in [3.63, 3.8) is 0 Å². The molecule has 0 saturated heterocycles. The van der Waals surface area contributed by atoms with Gasteiger partial charge in [0.1, 0.15) is 4.88 Å². The minimum Gasteiger partial charge on any atom is -0.397 e. The van der Waals surface area contributed by atoms with Gasteiger partial charge in [-0.25, -0.2) is 0 Å². The van der Waals surface area contributed by atoms with Crippen molar-refractivity contribution in [2.45, 2.75) is 19.8 Å². The number of amides is 1. The molecule has 1 aromatic carbocycles. The molecule has 7 heteroatoms. The van der Waals surface area contributed by atoms with E-state index in [1.165, 1.54) is 18.3 Å². The Bertz CT molecular complexity index is 884. The fourth-order valence-electron chi connectivity index (χ4n) is 3.07. The first-order valence-electron chi connectivity index (χ1n) is 7.27. The van der Waals surface area contributed by atoms with Crippen molar-refractivity contribution in [2.24, 2.45) is 5.73 Å². The number of hydrogen-bond donors (Lipinski definition) is 3. The van der Waals surface area contributed by atoms with E-state index >= 15 is 0 Å². The van der Waals surface area contributed by atoms with Crippen LogP contribution in [0.3, 0.4) is 0 Å². The van der Waals surface area contributed by atoms with Gasteiger partial charge in [-0.2, -0.15) is 0 Å². The second-order valence-corrected chi connectivity index (χ2v) is 7.59. The van der Waals surface area contributed by atoms with E-state index < -0.39 is 5.91 Å². The number of carbonyl (C=O) groups is 2. The standard InChI is InChI=1S/C17H16BrN3O2S/c1-7-11(8(2)22)12(9-3-5-10(18)6-4-9)13-14(19)15(16(20)23)24-17(13)21-7/h3-6,12,21H,19H2,1-2H3,(H2,20,23). The maximum absolute atomic E-state index is 12.3. The third-order valence-corrected chi connectivity index (χ3v) is 5.75. The molecule has 24 heavy (non-hydrogen) atoms. The van der Waals surface area contributed by atoms with Gasteiger partial charge in [0, 0.05) is 27.2 Å². The van der Waals surface area contributed by atoms with Gasteiger partial charge in [-0.15, -0.1) is 11.3 Å². The van der Waals surface area contributed by atoms with Gasteiger partial charge in [0.2, 0.25) is 0 Å². The molecule has 0 bridgehead atoms. The van der Waals surface area contributed by atoms with Crippen molar-refractivity contribution in [2.75, 3.05) is 11.1 Å². The second kappa shape index (κ2) is 6.07. The first-order chi connectivity index (χ1) is 11.3. The van der Waals surface area contributed by atoms with Crippen LogP contribution in [0.15, 0.2) is 40.0 Å². The zero-order chi connectivity index (χ0) is 17.6. The van der Waals surface area contributed by atoms with Crippen molar-refractivity contribution >= 4 is 49.6 Å². The van der Waals surface area contributed by atoms with Gasteiger partial charge in [-0.05, 0) is 31.5 Å². The van der Waals surface area contributed by atoms with Gasteiger partial charge in [-0.1, -0.05) is 28.1 Å². The van der Waals surface area contributed by atoms with Crippen molar-refractivity contribution in [1.29, 1.82) is 0 Å². The Morgan fingerprint density at radius 1 is 1.25 bits per heavy atom. The van der Waals surface area contributed by atoms with Crippen LogP contribution in [0.2, 0.25) is 0 Å². The number of fused-ring (bicyclic) bond motifs is 1. The van der Waals surface area contributed by atoms with E-state index in [0.29, 0.717) is 16.1 Å². The number of ketones is 1. The zero-order valence-electron chi connectivity index (χ0n) is 13.1. The molecule has 3 rings (SSSR count). The first kappa shape index (κ1) is 16.7. The number of nitrogens with two attached hydrogens (primary N) is 2. The number of benzene rings is 1. The van der Waals surface area contributed by atoms with Crippen molar-refractivity contribution < 1.29 is 9.59 Å². The quantitative estimate of drug-likeness (QED) is 0.725. The minimum atomic E-state index is -0.565. The number of nitrogens with one attached hydrogen (secondary N) is 1. The Hall–Kier alpha value is -2.12. The maximum atomic E-state index is 12.3. The molecule has 2 heterocycles. The molecule has 0 radical (unpaired) electrons. The highest BCUT2D eigenvalue weighted by Gasteiger charge is 2.35. The largest absolute Gasteiger partial charge is 0.397 e. The molecule has 1 aliphatic heterocycles. The van der Waals surface area contributed by atoms with Crippen molar-refractivity contribution in [3.05, 3.63) is 56.0 Å². The van der Waals surface area contributed by atoms with E-state index in [2.05, 4.69) is 21.2 Å². The highest BCUT2D eigenvalue weighted by molar-refractivity contribution is 9.10. The van der Waals surface area contributed by atoms with Crippen LogP contribution in [-0.2, 0) is 4.79 Å². The summed E-state index contributed by atoms with van der Waals surface area (Å²) in [5.41, 5.74) is 15.1. The molecule has 1 unspecified atom stereocenters. The Kier molecular flexibility index (Phi) is 4.23. The van der Waals surface area contributed by atoms with Crippen LogP contribution in [0, 0.1) is 0 Å². The number of anilines is 2. The smallest absolute Gasteiger partial charge is 0.260 e. The average molecular weight is 406 g/mol. The minimum absolute atomic E-state index is 0.0372. The third-order valence-electron chi connectivity index (χ3n) is 4.07. The summed E-state index contributed by atoms with van der Waals surface area (Å²) < 4.78 is 0.946. The van der Waals surface area contributed by atoms with Gasteiger partial charge >= 0.3 is 0 Å². The lowest BCUT2D eigenvalue weighted by Crippen LogP contribution is -2.21. The average Bonchev–Trinajstić information content (AvgIpc) is 2.83. The predicted octanol–water partition coefficient (Wildman–Crippen LogP) is 3.61. The number of hydrogen-bond acceptors (Lipinski definition) is 5. The second-order valence-electron chi connectivity index (χ2n) is 5.66. The molecule has 1 atom stereocenters. The summed E-state index contributed by atoms with van der Waals surface area (Å²) in [6, 6.07) is 7.73. The predicted molar refractivity (Wildman–Crippen MR) is 100 cm³/mol. The van der Waals surface area contributed by atoms with E-state index in [1.807, 2.05) is 31.2 Å². The van der Waals surface area contributed by atoms with Gasteiger partial charge in [-0.3, -0.25) is 9.59 Å². The van der Waals surface area contributed by atoms with Crippen LogP contribution in [0.4, 0.5) is 10.7 Å². The molecular weight excluding hydrogens is 390 g/mol. The Morgan fingerprint density at radius 3 is 2.42 bits per heavy atom. The normalized spacial score (nSPS) is 16.5. The van der Waals surface area contributed by atoms with Gasteiger partial charge < -0.3 is 16.8 Å². The summed E-state index contributed by atoms with van der Waals surface area (Å²) in [6.07, 6.45) is 0. The topological polar surface area (TPSA) is 98.2 Å². The van der Waals surface area contributed by atoms with Crippen LogP contribution in [0.1, 0.15) is 40.6 Å². The summed E-state index contributed by atoms with van der Waals surface area (Å²) >= 11 is 4.64. The number of allylic oxidation sites excluding steroid dienone is 2. The molecule has 124 valence electrons. The van der Waals surface area contributed by atoms with Crippen molar-refractivity contribution in [3.8, 4) is 0 Å². The van der Waals surface area contributed by atoms with Crippen LogP contribution in [0.25, 0.3) is 0 Å².